The summed E-state index contributed by atoms with van der Waals surface area (Å²) in [7, 11) is 0. The number of pyridine rings is 1. The molecule has 1 aromatic heterocycles. The Morgan fingerprint density at radius 3 is 2.69 bits per heavy atom. The lowest BCUT2D eigenvalue weighted by Crippen LogP contribution is -2.42. The number of fused-ring (bicyclic) bond motifs is 1. The van der Waals surface area contributed by atoms with Crippen molar-refractivity contribution in [3.05, 3.63) is 40.2 Å². The summed E-state index contributed by atoms with van der Waals surface area (Å²) in [6, 6.07) is 7.10. The van der Waals surface area contributed by atoms with Crippen molar-refractivity contribution in [2.24, 2.45) is 0 Å². The summed E-state index contributed by atoms with van der Waals surface area (Å²) in [5.74, 6) is -0.779. The quantitative estimate of drug-likeness (QED) is 0.809. The van der Waals surface area contributed by atoms with E-state index in [4.69, 9.17) is 4.74 Å². The fourth-order valence-electron chi connectivity index (χ4n) is 3.28. The van der Waals surface area contributed by atoms with Crippen LogP contribution in [0.5, 0.6) is 5.75 Å². The zero-order valence-corrected chi connectivity index (χ0v) is 15.0. The average molecular weight is 359 g/mol. The van der Waals surface area contributed by atoms with Crippen molar-refractivity contribution < 1.29 is 14.6 Å². The van der Waals surface area contributed by atoms with E-state index in [-0.39, 0.29) is 11.3 Å². The molecule has 1 saturated heterocycles. The number of ether oxygens (including phenoxy) is 1. The zero-order chi connectivity index (χ0) is 18.5. The highest BCUT2D eigenvalue weighted by atomic mass is 16.5. The van der Waals surface area contributed by atoms with Crippen molar-refractivity contribution in [3.8, 4) is 5.75 Å². The number of nitrogens with one attached hydrogen (secondary N) is 1. The molecule has 0 atom stereocenters. The maximum absolute atomic E-state index is 12.8. The van der Waals surface area contributed by atoms with Crippen molar-refractivity contribution in [3.63, 3.8) is 0 Å². The van der Waals surface area contributed by atoms with Crippen LogP contribution < -0.4 is 10.9 Å². The van der Waals surface area contributed by atoms with Gasteiger partial charge in [-0.3, -0.25) is 14.5 Å². The minimum Gasteiger partial charge on any atom is -0.506 e. The van der Waals surface area contributed by atoms with E-state index in [1.807, 2.05) is 13.0 Å². The summed E-state index contributed by atoms with van der Waals surface area (Å²) in [6.07, 6.45) is 0.757. The van der Waals surface area contributed by atoms with Gasteiger partial charge in [-0.15, -0.1) is 0 Å². The molecule has 0 unspecified atom stereocenters. The molecule has 1 amide bonds. The number of aryl methyl sites for hydroxylation is 1. The van der Waals surface area contributed by atoms with Gasteiger partial charge in [-0.2, -0.15) is 0 Å². The molecule has 7 heteroatoms. The van der Waals surface area contributed by atoms with Crippen LogP contribution in [0.25, 0.3) is 10.9 Å². The number of para-hydroxylation sites is 1. The summed E-state index contributed by atoms with van der Waals surface area (Å²) in [6.45, 7) is 6.62. The third-order valence-corrected chi connectivity index (χ3v) is 4.64. The average Bonchev–Trinajstić information content (AvgIpc) is 2.66. The van der Waals surface area contributed by atoms with E-state index in [0.29, 0.717) is 43.8 Å². The maximum atomic E-state index is 12.8. The highest BCUT2D eigenvalue weighted by Crippen LogP contribution is 2.26. The highest BCUT2D eigenvalue weighted by molar-refractivity contribution is 6.02. The molecule has 2 heterocycles. The molecule has 2 N–H and O–H groups in total. The molecular formula is C19H25N3O4. The minimum absolute atomic E-state index is 0.181. The Morgan fingerprint density at radius 2 is 1.96 bits per heavy atom. The van der Waals surface area contributed by atoms with Gasteiger partial charge >= 0.3 is 0 Å². The Bertz CT molecular complexity index is 841. The molecule has 0 saturated carbocycles. The largest absolute Gasteiger partial charge is 0.506 e. The number of benzene rings is 1. The fourth-order valence-corrected chi connectivity index (χ4v) is 3.28. The lowest BCUT2D eigenvalue weighted by Gasteiger charge is -2.26. The number of hydrogen-bond acceptors (Lipinski definition) is 5. The van der Waals surface area contributed by atoms with E-state index >= 15 is 0 Å². The van der Waals surface area contributed by atoms with E-state index in [1.54, 1.807) is 22.8 Å². The zero-order valence-electron chi connectivity index (χ0n) is 15.0. The molecule has 26 heavy (non-hydrogen) atoms. The van der Waals surface area contributed by atoms with Crippen LogP contribution in [0.15, 0.2) is 29.1 Å². The number of nitrogens with zero attached hydrogens (tertiary/aromatic N) is 2. The number of carbonyl (C=O) groups excluding carboxylic acids is 1. The van der Waals surface area contributed by atoms with E-state index < -0.39 is 11.5 Å². The Balaban J connectivity index is 1.84. The SMILES string of the molecule is CCCn1c(=O)c(C(=O)NCCN2CCOCC2)c(O)c2ccccc21. The third-order valence-electron chi connectivity index (χ3n) is 4.64. The lowest BCUT2D eigenvalue weighted by atomic mass is 10.1. The first-order chi connectivity index (χ1) is 12.6. The first kappa shape index (κ1) is 18.4. The summed E-state index contributed by atoms with van der Waals surface area (Å²) < 4.78 is 6.86. The topological polar surface area (TPSA) is 83.8 Å². The van der Waals surface area contributed by atoms with Crippen LogP contribution in [0.4, 0.5) is 0 Å². The van der Waals surface area contributed by atoms with Gasteiger partial charge in [0.2, 0.25) is 0 Å². The Hall–Kier alpha value is -2.38. The minimum atomic E-state index is -0.531. The Morgan fingerprint density at radius 1 is 1.23 bits per heavy atom. The second-order valence-corrected chi connectivity index (χ2v) is 6.41. The molecule has 7 nitrogen and oxygen atoms in total. The van der Waals surface area contributed by atoms with Gasteiger partial charge in [0.05, 0.1) is 18.7 Å². The van der Waals surface area contributed by atoms with Gasteiger partial charge in [-0.1, -0.05) is 19.1 Å². The smallest absolute Gasteiger partial charge is 0.267 e. The summed E-state index contributed by atoms with van der Waals surface area (Å²) >= 11 is 0. The van der Waals surface area contributed by atoms with Crippen LogP contribution in [-0.2, 0) is 11.3 Å². The van der Waals surface area contributed by atoms with Crippen molar-refractivity contribution in [2.45, 2.75) is 19.9 Å². The molecule has 140 valence electrons. The van der Waals surface area contributed by atoms with Crippen LogP contribution in [0.3, 0.4) is 0 Å². The molecule has 2 aromatic rings. The monoisotopic (exact) mass is 359 g/mol. The maximum Gasteiger partial charge on any atom is 0.267 e. The van der Waals surface area contributed by atoms with E-state index in [9.17, 15) is 14.7 Å². The number of aromatic nitrogens is 1. The van der Waals surface area contributed by atoms with Gasteiger partial charge in [0.15, 0.2) is 0 Å². The van der Waals surface area contributed by atoms with E-state index in [2.05, 4.69) is 10.2 Å². The molecule has 0 aliphatic carbocycles. The van der Waals surface area contributed by atoms with Crippen LogP contribution in [0.1, 0.15) is 23.7 Å². The second-order valence-electron chi connectivity index (χ2n) is 6.41. The molecule has 0 spiro atoms. The number of rotatable bonds is 6. The van der Waals surface area contributed by atoms with Gasteiger partial charge < -0.3 is 19.7 Å². The van der Waals surface area contributed by atoms with Gasteiger partial charge in [-0.05, 0) is 18.6 Å². The molecule has 1 aromatic carbocycles. The summed E-state index contributed by atoms with van der Waals surface area (Å²) in [4.78, 5) is 27.6. The Kier molecular flexibility index (Phi) is 5.90. The van der Waals surface area contributed by atoms with Crippen molar-refractivity contribution in [1.29, 1.82) is 0 Å². The molecule has 1 aliphatic rings. The number of amides is 1. The van der Waals surface area contributed by atoms with E-state index in [1.165, 1.54) is 0 Å². The normalized spacial score (nSPS) is 15.3. The number of aromatic hydroxyl groups is 1. The predicted molar refractivity (Wildman–Crippen MR) is 99.8 cm³/mol. The van der Waals surface area contributed by atoms with E-state index in [0.717, 1.165) is 19.5 Å². The predicted octanol–water partition coefficient (Wildman–Crippen LogP) is 1.18. The summed E-state index contributed by atoms with van der Waals surface area (Å²) in [5, 5.41) is 13.8. The van der Waals surface area contributed by atoms with Crippen LogP contribution in [0.2, 0.25) is 0 Å². The molecular weight excluding hydrogens is 334 g/mol. The number of carbonyl (C=O) groups is 1. The van der Waals surface area contributed by atoms with Gasteiger partial charge in [0.25, 0.3) is 11.5 Å². The Labute approximate surface area is 152 Å². The molecule has 0 radical (unpaired) electrons. The first-order valence-corrected chi connectivity index (χ1v) is 9.06. The van der Waals surface area contributed by atoms with Gasteiger partial charge in [0.1, 0.15) is 11.3 Å². The molecule has 0 bridgehead atoms. The van der Waals surface area contributed by atoms with Crippen molar-refractivity contribution >= 4 is 16.8 Å². The van der Waals surface area contributed by atoms with Crippen LogP contribution >= 0.6 is 0 Å². The number of hydrogen-bond donors (Lipinski definition) is 2. The van der Waals surface area contributed by atoms with Crippen molar-refractivity contribution in [2.75, 3.05) is 39.4 Å². The van der Waals surface area contributed by atoms with Crippen molar-refractivity contribution in [1.82, 2.24) is 14.8 Å². The van der Waals surface area contributed by atoms with Crippen LogP contribution in [-0.4, -0.2) is 59.9 Å². The highest BCUT2D eigenvalue weighted by Gasteiger charge is 2.22. The fraction of sp³-hybridized carbons (Fsp3) is 0.474. The second kappa shape index (κ2) is 8.33. The van der Waals surface area contributed by atoms with Crippen LogP contribution in [0, 0.1) is 0 Å². The van der Waals surface area contributed by atoms with Gasteiger partial charge in [0, 0.05) is 38.1 Å². The first-order valence-electron chi connectivity index (χ1n) is 9.06. The number of morpholine rings is 1. The standard InChI is InChI=1S/C19H25N3O4/c1-2-8-22-15-6-4-3-5-14(15)17(23)16(19(22)25)18(24)20-7-9-21-10-12-26-13-11-21/h3-6,23H,2,7-13H2,1H3,(H,20,24). The summed E-state index contributed by atoms with van der Waals surface area (Å²) in [5.41, 5.74) is 0.00719. The molecule has 3 rings (SSSR count). The molecule has 1 fully saturated rings. The molecule has 1 aliphatic heterocycles. The lowest BCUT2D eigenvalue weighted by molar-refractivity contribution is 0.0383. The third kappa shape index (κ3) is 3.73. The van der Waals surface area contributed by atoms with Gasteiger partial charge in [-0.25, -0.2) is 0 Å².